The first kappa shape index (κ1) is 19.2. The Labute approximate surface area is 150 Å². The van der Waals surface area contributed by atoms with Crippen LogP contribution in [0.4, 0.5) is 5.69 Å². The summed E-state index contributed by atoms with van der Waals surface area (Å²) >= 11 is 0. The average Bonchev–Trinajstić information content (AvgIpc) is 3.10. The normalized spacial score (nSPS) is 11.8. The topological polar surface area (TPSA) is 112 Å². The lowest BCUT2D eigenvalue weighted by molar-refractivity contribution is -0.136. The van der Waals surface area contributed by atoms with E-state index in [1.165, 1.54) is 12.1 Å². The maximum Gasteiger partial charge on any atom is 0.335 e. The summed E-state index contributed by atoms with van der Waals surface area (Å²) < 4.78 is 5.35. The number of nitrogens with one attached hydrogen (secondary N) is 2. The number of carboxylic acids is 1. The van der Waals surface area contributed by atoms with Crippen molar-refractivity contribution in [3.05, 3.63) is 53.5 Å². The molecular formula is C18H21N3O5. The van der Waals surface area contributed by atoms with Crippen LogP contribution in [-0.4, -0.2) is 48.4 Å². The van der Waals surface area contributed by atoms with Crippen LogP contribution in [0.2, 0.25) is 0 Å². The Morgan fingerprint density at radius 3 is 2.50 bits per heavy atom. The molecule has 2 rings (SSSR count). The van der Waals surface area contributed by atoms with Gasteiger partial charge >= 0.3 is 17.8 Å². The van der Waals surface area contributed by atoms with E-state index in [2.05, 4.69) is 10.6 Å². The summed E-state index contributed by atoms with van der Waals surface area (Å²) in [6, 6.07) is 7.62. The number of hydrogen-bond donors (Lipinski definition) is 3. The van der Waals surface area contributed by atoms with E-state index in [-0.39, 0.29) is 23.8 Å². The van der Waals surface area contributed by atoms with Crippen molar-refractivity contribution in [3.8, 4) is 0 Å². The van der Waals surface area contributed by atoms with Gasteiger partial charge in [-0.25, -0.2) is 4.79 Å². The molecule has 0 fully saturated rings. The predicted octanol–water partition coefficient (Wildman–Crippen LogP) is 1.64. The summed E-state index contributed by atoms with van der Waals surface area (Å²) in [5.41, 5.74) is 0.954. The minimum absolute atomic E-state index is 0.0248. The lowest BCUT2D eigenvalue weighted by Crippen LogP contribution is -2.40. The number of carbonyl (C=O) groups is 3. The molecule has 0 spiro atoms. The van der Waals surface area contributed by atoms with Gasteiger partial charge in [-0.15, -0.1) is 0 Å². The molecule has 3 N–H and O–H groups in total. The van der Waals surface area contributed by atoms with Crippen LogP contribution in [0, 0.1) is 6.92 Å². The molecule has 1 atom stereocenters. The van der Waals surface area contributed by atoms with Crippen LogP contribution in [0.1, 0.15) is 27.7 Å². The molecule has 0 radical (unpaired) electrons. The molecule has 2 amide bonds. The van der Waals surface area contributed by atoms with E-state index < -0.39 is 17.8 Å². The molecule has 1 aromatic carbocycles. The SMILES string of the molecule is Cc1ccc(C(=O)O)cc1NC(=O)C(=O)NC[C@H](c1ccco1)N(C)C. The van der Waals surface area contributed by atoms with Crippen molar-refractivity contribution < 1.29 is 23.9 Å². The Morgan fingerprint density at radius 2 is 1.92 bits per heavy atom. The second-order valence-corrected chi connectivity index (χ2v) is 5.99. The molecule has 2 aromatic rings. The third-order valence-corrected chi connectivity index (χ3v) is 3.89. The second kappa shape index (κ2) is 8.30. The Morgan fingerprint density at radius 1 is 1.19 bits per heavy atom. The van der Waals surface area contributed by atoms with Crippen molar-refractivity contribution in [2.24, 2.45) is 0 Å². The highest BCUT2D eigenvalue weighted by Crippen LogP contribution is 2.18. The highest BCUT2D eigenvalue weighted by molar-refractivity contribution is 6.39. The van der Waals surface area contributed by atoms with Crippen molar-refractivity contribution in [2.45, 2.75) is 13.0 Å². The first-order valence-electron chi connectivity index (χ1n) is 7.92. The van der Waals surface area contributed by atoms with Crippen molar-refractivity contribution in [2.75, 3.05) is 26.0 Å². The summed E-state index contributed by atoms with van der Waals surface area (Å²) in [5.74, 6) is -2.13. The molecule has 8 heteroatoms. The number of rotatable bonds is 6. The fourth-order valence-corrected chi connectivity index (χ4v) is 2.36. The van der Waals surface area contributed by atoms with E-state index in [1.54, 1.807) is 31.4 Å². The van der Waals surface area contributed by atoms with Crippen LogP contribution >= 0.6 is 0 Å². The largest absolute Gasteiger partial charge is 0.478 e. The van der Waals surface area contributed by atoms with Gasteiger partial charge in [0, 0.05) is 12.2 Å². The molecule has 0 aliphatic heterocycles. The molecule has 0 aliphatic rings. The molecule has 0 bridgehead atoms. The molecular weight excluding hydrogens is 338 g/mol. The third-order valence-electron chi connectivity index (χ3n) is 3.89. The zero-order valence-corrected chi connectivity index (χ0v) is 14.8. The number of amides is 2. The average molecular weight is 359 g/mol. The maximum atomic E-state index is 12.1. The van der Waals surface area contributed by atoms with Gasteiger partial charge in [0.15, 0.2) is 0 Å². The third kappa shape index (κ3) is 4.70. The summed E-state index contributed by atoms with van der Waals surface area (Å²) in [7, 11) is 3.67. The molecule has 138 valence electrons. The number of likely N-dealkylation sites (N-methyl/N-ethyl adjacent to an activating group) is 1. The lowest BCUT2D eigenvalue weighted by Gasteiger charge is -2.22. The van der Waals surface area contributed by atoms with E-state index in [1.807, 2.05) is 19.0 Å². The number of benzene rings is 1. The molecule has 1 heterocycles. The highest BCUT2D eigenvalue weighted by Gasteiger charge is 2.21. The van der Waals surface area contributed by atoms with Gasteiger partial charge in [0.05, 0.1) is 17.9 Å². The summed E-state index contributed by atoms with van der Waals surface area (Å²) in [6.07, 6.45) is 1.54. The molecule has 26 heavy (non-hydrogen) atoms. The maximum absolute atomic E-state index is 12.1. The molecule has 1 aromatic heterocycles. The van der Waals surface area contributed by atoms with Crippen LogP contribution in [0.15, 0.2) is 41.0 Å². The Kier molecular flexibility index (Phi) is 6.13. The van der Waals surface area contributed by atoms with Crippen molar-refractivity contribution in [1.29, 1.82) is 0 Å². The van der Waals surface area contributed by atoms with Crippen LogP contribution in [0.25, 0.3) is 0 Å². The number of aryl methyl sites for hydroxylation is 1. The number of anilines is 1. The Balaban J connectivity index is 2.00. The van der Waals surface area contributed by atoms with Crippen LogP contribution in [0.3, 0.4) is 0 Å². The fraction of sp³-hybridized carbons (Fsp3) is 0.278. The fourth-order valence-electron chi connectivity index (χ4n) is 2.36. The Hall–Kier alpha value is -3.13. The number of nitrogens with zero attached hydrogens (tertiary/aromatic N) is 1. The summed E-state index contributed by atoms with van der Waals surface area (Å²) in [4.78, 5) is 37.1. The van der Waals surface area contributed by atoms with Gasteiger partial charge in [-0.3, -0.25) is 14.5 Å². The summed E-state index contributed by atoms with van der Waals surface area (Å²) in [6.45, 7) is 1.89. The smallest absolute Gasteiger partial charge is 0.335 e. The monoisotopic (exact) mass is 359 g/mol. The van der Waals surface area contributed by atoms with Gasteiger partial charge in [-0.05, 0) is 50.8 Å². The van der Waals surface area contributed by atoms with Crippen molar-refractivity contribution >= 4 is 23.5 Å². The van der Waals surface area contributed by atoms with Gasteiger partial charge < -0.3 is 20.2 Å². The first-order chi connectivity index (χ1) is 12.3. The standard InChI is InChI=1S/C18H21N3O5/c1-11-6-7-12(18(24)25)9-13(11)20-17(23)16(22)19-10-14(21(2)3)15-5-4-8-26-15/h4-9,14H,10H2,1-3H3,(H,19,22)(H,20,23)(H,24,25)/t14-/m1/s1. The molecule has 8 nitrogen and oxygen atoms in total. The van der Waals surface area contributed by atoms with Gasteiger partial charge in [0.1, 0.15) is 5.76 Å². The van der Waals surface area contributed by atoms with E-state index in [0.29, 0.717) is 11.3 Å². The van der Waals surface area contributed by atoms with E-state index in [0.717, 1.165) is 0 Å². The van der Waals surface area contributed by atoms with Crippen LogP contribution in [-0.2, 0) is 9.59 Å². The van der Waals surface area contributed by atoms with Gasteiger partial charge in [-0.1, -0.05) is 6.07 Å². The first-order valence-corrected chi connectivity index (χ1v) is 7.92. The predicted molar refractivity (Wildman–Crippen MR) is 94.9 cm³/mol. The number of carbonyl (C=O) groups excluding carboxylic acids is 2. The number of carboxylic acid groups (broad SMARTS) is 1. The summed E-state index contributed by atoms with van der Waals surface area (Å²) in [5, 5.41) is 14.0. The Bertz CT molecular complexity index is 799. The lowest BCUT2D eigenvalue weighted by atomic mass is 10.1. The van der Waals surface area contributed by atoms with Crippen molar-refractivity contribution in [3.63, 3.8) is 0 Å². The van der Waals surface area contributed by atoms with Gasteiger partial charge in [-0.2, -0.15) is 0 Å². The van der Waals surface area contributed by atoms with E-state index in [4.69, 9.17) is 9.52 Å². The van der Waals surface area contributed by atoms with E-state index in [9.17, 15) is 14.4 Å². The molecule has 0 unspecified atom stereocenters. The second-order valence-electron chi connectivity index (χ2n) is 5.99. The number of furan rings is 1. The minimum Gasteiger partial charge on any atom is -0.478 e. The highest BCUT2D eigenvalue weighted by atomic mass is 16.4. The zero-order chi connectivity index (χ0) is 19.3. The minimum atomic E-state index is -1.11. The van der Waals surface area contributed by atoms with Gasteiger partial charge in [0.2, 0.25) is 0 Å². The molecule has 0 saturated carbocycles. The quantitative estimate of drug-likeness (QED) is 0.676. The van der Waals surface area contributed by atoms with E-state index >= 15 is 0 Å². The molecule has 0 aliphatic carbocycles. The number of aromatic carboxylic acids is 1. The van der Waals surface area contributed by atoms with Crippen LogP contribution in [0.5, 0.6) is 0 Å². The van der Waals surface area contributed by atoms with Gasteiger partial charge in [0.25, 0.3) is 0 Å². The van der Waals surface area contributed by atoms with Crippen LogP contribution < -0.4 is 10.6 Å². The zero-order valence-electron chi connectivity index (χ0n) is 14.8. The van der Waals surface area contributed by atoms with Crippen molar-refractivity contribution in [1.82, 2.24) is 10.2 Å². The number of hydrogen-bond acceptors (Lipinski definition) is 5. The molecule has 0 saturated heterocycles.